The number of nitrogens with one attached hydrogen (secondary N) is 1. The minimum absolute atomic E-state index is 0.0389. The fourth-order valence-corrected chi connectivity index (χ4v) is 1.95. The summed E-state index contributed by atoms with van der Waals surface area (Å²) >= 11 is 3.29. The number of amides is 1. The fraction of sp³-hybridized carbons (Fsp3) is 0.0667. The van der Waals surface area contributed by atoms with Gasteiger partial charge in [-0.15, -0.1) is 0 Å². The van der Waals surface area contributed by atoms with E-state index in [1.54, 1.807) is 31.2 Å². The van der Waals surface area contributed by atoms with Gasteiger partial charge in [0.1, 0.15) is 11.5 Å². The summed E-state index contributed by atoms with van der Waals surface area (Å²) in [5.74, 6) is -0.489. The molecule has 0 aliphatic carbocycles. The second-order valence-corrected chi connectivity index (χ2v) is 5.26. The SMILES string of the molecule is C/C(=N/NC(=O)c1ccc(Br)cc1)c1ccc(O)cc1O. The molecule has 0 unspecified atom stereocenters. The van der Waals surface area contributed by atoms with Crippen molar-refractivity contribution in [3.05, 3.63) is 58.1 Å². The van der Waals surface area contributed by atoms with E-state index in [0.29, 0.717) is 16.8 Å². The van der Waals surface area contributed by atoms with Crippen LogP contribution in [0.3, 0.4) is 0 Å². The van der Waals surface area contributed by atoms with Crippen molar-refractivity contribution in [2.24, 2.45) is 5.10 Å². The summed E-state index contributed by atoms with van der Waals surface area (Å²) in [6.07, 6.45) is 0. The van der Waals surface area contributed by atoms with Gasteiger partial charge in [-0.2, -0.15) is 5.10 Å². The van der Waals surface area contributed by atoms with Crippen LogP contribution < -0.4 is 5.43 Å². The molecule has 0 spiro atoms. The van der Waals surface area contributed by atoms with E-state index in [4.69, 9.17) is 0 Å². The number of rotatable bonds is 3. The molecule has 3 N–H and O–H groups in total. The highest BCUT2D eigenvalue weighted by Crippen LogP contribution is 2.23. The van der Waals surface area contributed by atoms with Gasteiger partial charge in [-0.3, -0.25) is 4.79 Å². The number of phenols is 2. The van der Waals surface area contributed by atoms with Crippen LogP contribution in [0.1, 0.15) is 22.8 Å². The Labute approximate surface area is 130 Å². The highest BCUT2D eigenvalue weighted by Gasteiger charge is 2.07. The van der Waals surface area contributed by atoms with Crippen LogP contribution in [0.5, 0.6) is 11.5 Å². The number of hydrogen-bond donors (Lipinski definition) is 3. The van der Waals surface area contributed by atoms with Crippen molar-refractivity contribution in [2.45, 2.75) is 6.92 Å². The maximum Gasteiger partial charge on any atom is 0.271 e. The second-order valence-electron chi connectivity index (χ2n) is 4.35. The Hall–Kier alpha value is -2.34. The summed E-state index contributed by atoms with van der Waals surface area (Å²) in [6, 6.07) is 11.0. The van der Waals surface area contributed by atoms with Crippen LogP contribution in [-0.2, 0) is 0 Å². The molecule has 0 bridgehead atoms. The zero-order valence-corrected chi connectivity index (χ0v) is 12.8. The molecule has 2 aromatic rings. The topological polar surface area (TPSA) is 81.9 Å². The lowest BCUT2D eigenvalue weighted by Crippen LogP contribution is -2.19. The summed E-state index contributed by atoms with van der Waals surface area (Å²) in [4.78, 5) is 11.9. The van der Waals surface area contributed by atoms with E-state index >= 15 is 0 Å². The first-order valence-corrected chi connectivity index (χ1v) is 6.89. The molecule has 0 radical (unpaired) electrons. The maximum atomic E-state index is 11.9. The van der Waals surface area contributed by atoms with Crippen molar-refractivity contribution in [1.29, 1.82) is 0 Å². The van der Waals surface area contributed by atoms with E-state index in [1.165, 1.54) is 18.2 Å². The molecule has 2 aromatic carbocycles. The van der Waals surface area contributed by atoms with Gasteiger partial charge in [-0.1, -0.05) is 15.9 Å². The van der Waals surface area contributed by atoms with Crippen LogP contribution in [0.4, 0.5) is 0 Å². The van der Waals surface area contributed by atoms with Crippen LogP contribution >= 0.6 is 15.9 Å². The standard InChI is InChI=1S/C15H13BrN2O3/c1-9(13-7-6-12(19)8-14(13)20)17-18-15(21)10-2-4-11(16)5-3-10/h2-8,19-20H,1H3,(H,18,21)/b17-9-. The molecule has 108 valence electrons. The number of nitrogens with zero attached hydrogens (tertiary/aromatic N) is 1. The van der Waals surface area contributed by atoms with Crippen LogP contribution in [0.2, 0.25) is 0 Å². The third kappa shape index (κ3) is 3.82. The normalized spacial score (nSPS) is 11.2. The van der Waals surface area contributed by atoms with Gasteiger partial charge in [-0.05, 0) is 43.3 Å². The van der Waals surface area contributed by atoms with Crippen LogP contribution in [0, 0.1) is 0 Å². The summed E-state index contributed by atoms with van der Waals surface area (Å²) in [7, 11) is 0. The molecule has 0 fully saturated rings. The van der Waals surface area contributed by atoms with Crippen LogP contribution in [-0.4, -0.2) is 21.8 Å². The average Bonchev–Trinajstić information content (AvgIpc) is 2.45. The van der Waals surface area contributed by atoms with Crippen molar-refractivity contribution in [3.63, 3.8) is 0 Å². The Morgan fingerprint density at radius 3 is 2.43 bits per heavy atom. The summed E-state index contributed by atoms with van der Waals surface area (Å²) in [6.45, 7) is 1.65. The molecule has 0 saturated carbocycles. The molecule has 1 amide bonds. The smallest absolute Gasteiger partial charge is 0.271 e. The minimum atomic E-state index is -0.347. The van der Waals surface area contributed by atoms with Gasteiger partial charge in [-0.25, -0.2) is 5.43 Å². The fourth-order valence-electron chi connectivity index (χ4n) is 1.69. The molecule has 0 atom stereocenters. The van der Waals surface area contributed by atoms with Crippen molar-refractivity contribution in [1.82, 2.24) is 5.43 Å². The van der Waals surface area contributed by atoms with Gasteiger partial charge in [0.05, 0.1) is 5.71 Å². The van der Waals surface area contributed by atoms with Crippen molar-refractivity contribution in [2.75, 3.05) is 0 Å². The van der Waals surface area contributed by atoms with Gasteiger partial charge < -0.3 is 10.2 Å². The zero-order chi connectivity index (χ0) is 15.4. The zero-order valence-electron chi connectivity index (χ0n) is 11.2. The molecule has 2 rings (SSSR count). The third-order valence-electron chi connectivity index (χ3n) is 2.80. The number of hydrogen-bond acceptors (Lipinski definition) is 4. The molecule has 21 heavy (non-hydrogen) atoms. The molecule has 6 heteroatoms. The minimum Gasteiger partial charge on any atom is -0.508 e. The first-order valence-electron chi connectivity index (χ1n) is 6.10. The summed E-state index contributed by atoms with van der Waals surface area (Å²) < 4.78 is 0.882. The first kappa shape index (κ1) is 15.1. The summed E-state index contributed by atoms with van der Waals surface area (Å²) in [5.41, 5.74) is 3.76. The molecule has 5 nitrogen and oxygen atoms in total. The molecular formula is C15H13BrN2O3. The number of aromatic hydroxyl groups is 2. The maximum absolute atomic E-state index is 11.9. The van der Waals surface area contributed by atoms with Crippen LogP contribution in [0.25, 0.3) is 0 Å². The van der Waals surface area contributed by atoms with E-state index in [1.807, 2.05) is 0 Å². The molecule has 0 saturated heterocycles. The lowest BCUT2D eigenvalue weighted by atomic mass is 10.1. The van der Waals surface area contributed by atoms with Crippen molar-refractivity contribution < 1.29 is 15.0 Å². The molecule has 0 heterocycles. The average molecular weight is 349 g/mol. The van der Waals surface area contributed by atoms with Gasteiger partial charge in [0.2, 0.25) is 0 Å². The molecule has 0 aromatic heterocycles. The number of benzene rings is 2. The van der Waals surface area contributed by atoms with E-state index in [0.717, 1.165) is 4.47 Å². The van der Waals surface area contributed by atoms with E-state index in [9.17, 15) is 15.0 Å². The Morgan fingerprint density at radius 1 is 1.14 bits per heavy atom. The van der Waals surface area contributed by atoms with E-state index < -0.39 is 0 Å². The highest BCUT2D eigenvalue weighted by molar-refractivity contribution is 9.10. The second kappa shape index (κ2) is 6.41. The van der Waals surface area contributed by atoms with Gasteiger partial charge in [0, 0.05) is 21.7 Å². The largest absolute Gasteiger partial charge is 0.508 e. The number of carbonyl (C=O) groups excluding carboxylic acids is 1. The van der Waals surface area contributed by atoms with Crippen LogP contribution in [0.15, 0.2) is 52.0 Å². The Bertz CT molecular complexity index is 697. The Morgan fingerprint density at radius 2 is 1.81 bits per heavy atom. The Balaban J connectivity index is 2.12. The summed E-state index contributed by atoms with van der Waals surface area (Å²) in [5, 5.41) is 22.9. The number of halogens is 1. The Kier molecular flexibility index (Phi) is 4.59. The predicted molar refractivity (Wildman–Crippen MR) is 83.6 cm³/mol. The van der Waals surface area contributed by atoms with Gasteiger partial charge in [0.15, 0.2) is 0 Å². The molecular weight excluding hydrogens is 336 g/mol. The third-order valence-corrected chi connectivity index (χ3v) is 3.33. The number of carbonyl (C=O) groups is 1. The highest BCUT2D eigenvalue weighted by atomic mass is 79.9. The lowest BCUT2D eigenvalue weighted by Gasteiger charge is -2.05. The number of hydrazone groups is 1. The quantitative estimate of drug-likeness (QED) is 0.589. The van der Waals surface area contributed by atoms with Gasteiger partial charge >= 0.3 is 0 Å². The first-order chi connectivity index (χ1) is 9.97. The van der Waals surface area contributed by atoms with Crippen molar-refractivity contribution in [3.8, 4) is 11.5 Å². The molecule has 0 aliphatic rings. The van der Waals surface area contributed by atoms with E-state index in [-0.39, 0.29) is 17.4 Å². The lowest BCUT2D eigenvalue weighted by molar-refractivity contribution is 0.0955. The van der Waals surface area contributed by atoms with Crippen molar-refractivity contribution >= 4 is 27.5 Å². The molecule has 0 aliphatic heterocycles. The van der Waals surface area contributed by atoms with E-state index in [2.05, 4.69) is 26.5 Å². The van der Waals surface area contributed by atoms with Gasteiger partial charge in [0.25, 0.3) is 5.91 Å². The predicted octanol–water partition coefficient (Wildman–Crippen LogP) is 3.01. The number of phenolic OH excluding ortho intramolecular Hbond substituents is 2. The monoisotopic (exact) mass is 348 g/mol.